The van der Waals surface area contributed by atoms with Gasteiger partial charge in [-0.15, -0.1) is 24.0 Å². The van der Waals surface area contributed by atoms with E-state index in [9.17, 15) is 4.79 Å². The van der Waals surface area contributed by atoms with Gasteiger partial charge in [-0.05, 0) is 0 Å². The Bertz CT molecular complexity index is 79.0. The van der Waals surface area contributed by atoms with Gasteiger partial charge in [0, 0.05) is 13.1 Å². The Kier molecular flexibility index (Phi) is 10.5. The molecule has 0 aliphatic rings. The molecule has 56 valence electrons. The van der Waals surface area contributed by atoms with Crippen molar-refractivity contribution in [3.8, 4) is 0 Å². The van der Waals surface area contributed by atoms with Crippen molar-refractivity contribution in [1.82, 2.24) is 5.32 Å². The van der Waals surface area contributed by atoms with E-state index in [0.717, 1.165) is 0 Å². The van der Waals surface area contributed by atoms with Gasteiger partial charge in [-0.2, -0.15) is 0 Å². The third-order valence-corrected chi connectivity index (χ3v) is 0.831. The summed E-state index contributed by atoms with van der Waals surface area (Å²) in [5.41, 5.74) is 5.07. The molecule has 9 heavy (non-hydrogen) atoms. The Labute approximate surface area is 65.3 Å². The lowest BCUT2D eigenvalue weighted by atomic mass is 10.6. The molecule has 0 saturated heterocycles. The number of hydrogen-bond acceptors (Lipinski definition) is 2. The predicted molar refractivity (Wildman–Crippen MR) is 40.0 cm³/mol. The van der Waals surface area contributed by atoms with Crippen molar-refractivity contribution in [1.29, 1.82) is 0 Å². The minimum absolute atomic E-state index is 0. The van der Waals surface area contributed by atoms with Crippen LogP contribution in [-0.2, 0) is 4.79 Å². The van der Waals surface area contributed by atoms with E-state index in [2.05, 4.69) is 5.32 Å². The average Bonchev–Trinajstić information content (AvgIpc) is 1.83. The second kappa shape index (κ2) is 8.01. The molecule has 0 spiro atoms. The monoisotopic (exact) mass is 172 g/mol. The summed E-state index contributed by atoms with van der Waals surface area (Å²) in [5.74, 6) is -0.155. The van der Waals surface area contributed by atoms with Gasteiger partial charge in [-0.25, -0.2) is 0 Å². The molecule has 0 aromatic carbocycles. The fraction of sp³-hybridized carbons (Fsp3) is 0.750. The van der Waals surface area contributed by atoms with E-state index in [1.807, 2.05) is 0 Å². The smallest absolute Gasteiger partial charge is 0.234 e. The van der Waals surface area contributed by atoms with Gasteiger partial charge >= 0.3 is 0 Å². The van der Waals surface area contributed by atoms with Gasteiger partial charge in [0.15, 0.2) is 0 Å². The molecule has 3 N–H and O–H groups in total. The second-order valence-electron chi connectivity index (χ2n) is 1.27. The van der Waals surface area contributed by atoms with Crippen LogP contribution in [0.15, 0.2) is 0 Å². The molecule has 3 nitrogen and oxygen atoms in total. The normalized spacial score (nSPS) is 7.78. The molecule has 0 radical (unpaired) electrons. The number of carbonyl (C=O) groups excluding carboxylic acids is 1. The number of hydrogen-bond donors (Lipinski definition) is 2. The van der Waals surface area contributed by atoms with Gasteiger partial charge in [-0.1, -0.05) is 0 Å². The summed E-state index contributed by atoms with van der Waals surface area (Å²) in [7, 11) is 0. The van der Waals surface area contributed by atoms with E-state index >= 15 is 0 Å². The zero-order chi connectivity index (χ0) is 6.41. The molecule has 0 atom stereocenters. The Morgan fingerprint density at radius 2 is 2.22 bits per heavy atom. The highest BCUT2D eigenvalue weighted by atomic mass is 35.5. The van der Waals surface area contributed by atoms with Crippen LogP contribution < -0.4 is 11.1 Å². The number of halogens is 2. The van der Waals surface area contributed by atoms with Crippen LogP contribution in [-0.4, -0.2) is 24.9 Å². The highest BCUT2D eigenvalue weighted by molar-refractivity contribution is 6.27. The predicted octanol–water partition coefficient (Wildman–Crippen LogP) is -0.278. The number of rotatable bonds is 3. The van der Waals surface area contributed by atoms with Crippen LogP contribution in [0.4, 0.5) is 0 Å². The highest BCUT2D eigenvalue weighted by Crippen LogP contribution is 1.70. The molecule has 0 aliphatic carbocycles. The summed E-state index contributed by atoms with van der Waals surface area (Å²) in [5, 5.41) is 2.49. The summed E-state index contributed by atoms with van der Waals surface area (Å²) in [6.07, 6.45) is 0. The van der Waals surface area contributed by atoms with E-state index in [-0.39, 0.29) is 24.2 Å². The van der Waals surface area contributed by atoms with Gasteiger partial charge in [-0.3, -0.25) is 4.79 Å². The van der Waals surface area contributed by atoms with E-state index < -0.39 is 0 Å². The Morgan fingerprint density at radius 1 is 1.67 bits per heavy atom. The lowest BCUT2D eigenvalue weighted by Crippen LogP contribution is -2.29. The maximum atomic E-state index is 10.3. The van der Waals surface area contributed by atoms with Crippen molar-refractivity contribution in [2.75, 3.05) is 19.0 Å². The van der Waals surface area contributed by atoms with Crippen LogP contribution >= 0.6 is 24.0 Å². The van der Waals surface area contributed by atoms with Crippen molar-refractivity contribution < 1.29 is 4.79 Å². The van der Waals surface area contributed by atoms with Gasteiger partial charge in [0.1, 0.15) is 5.88 Å². The Hall–Kier alpha value is 0.01000. The number of nitrogens with one attached hydrogen (secondary N) is 1. The first-order valence-electron chi connectivity index (χ1n) is 2.34. The minimum Gasteiger partial charge on any atom is -0.354 e. The third kappa shape index (κ3) is 8.01. The van der Waals surface area contributed by atoms with Crippen LogP contribution in [0, 0.1) is 0 Å². The summed E-state index contributed by atoms with van der Waals surface area (Å²) in [4.78, 5) is 10.3. The molecular weight excluding hydrogens is 163 g/mol. The molecular formula is C4H10Cl2N2O. The van der Waals surface area contributed by atoms with Crippen LogP contribution in [0.3, 0.4) is 0 Å². The summed E-state index contributed by atoms with van der Waals surface area (Å²) >= 11 is 5.13. The molecule has 0 aromatic heterocycles. The van der Waals surface area contributed by atoms with Crippen molar-refractivity contribution in [2.24, 2.45) is 5.73 Å². The van der Waals surface area contributed by atoms with Crippen molar-refractivity contribution in [2.45, 2.75) is 0 Å². The van der Waals surface area contributed by atoms with Crippen molar-refractivity contribution in [3.05, 3.63) is 0 Å². The van der Waals surface area contributed by atoms with Crippen LogP contribution in [0.1, 0.15) is 0 Å². The second-order valence-corrected chi connectivity index (χ2v) is 1.54. The first kappa shape index (κ1) is 11.8. The van der Waals surface area contributed by atoms with Gasteiger partial charge in [0.25, 0.3) is 0 Å². The summed E-state index contributed by atoms with van der Waals surface area (Å²) < 4.78 is 0. The summed E-state index contributed by atoms with van der Waals surface area (Å²) in [6, 6.07) is 0. The number of carbonyl (C=O) groups is 1. The largest absolute Gasteiger partial charge is 0.354 e. The van der Waals surface area contributed by atoms with E-state index in [1.165, 1.54) is 0 Å². The Balaban J connectivity index is 0. The fourth-order valence-corrected chi connectivity index (χ4v) is 0.353. The van der Waals surface area contributed by atoms with Crippen molar-refractivity contribution in [3.63, 3.8) is 0 Å². The maximum absolute atomic E-state index is 10.3. The Morgan fingerprint density at radius 3 is 2.56 bits per heavy atom. The van der Waals surface area contributed by atoms with E-state index in [0.29, 0.717) is 13.1 Å². The molecule has 0 saturated carbocycles. The standard InChI is InChI=1S/C4H9ClN2O.ClH/c5-3-4(8)7-2-1-6;/h1-3,6H2,(H,7,8);1H. The fourth-order valence-electron chi connectivity index (χ4n) is 0.259. The first-order valence-corrected chi connectivity index (χ1v) is 2.87. The zero-order valence-corrected chi connectivity index (χ0v) is 6.47. The molecule has 0 fully saturated rings. The van der Waals surface area contributed by atoms with E-state index in [1.54, 1.807) is 0 Å². The first-order chi connectivity index (χ1) is 3.81. The molecule has 0 unspecified atom stereocenters. The van der Waals surface area contributed by atoms with Gasteiger partial charge in [0.05, 0.1) is 0 Å². The molecule has 0 rings (SSSR count). The van der Waals surface area contributed by atoms with Gasteiger partial charge < -0.3 is 11.1 Å². The minimum atomic E-state index is -0.169. The number of nitrogens with two attached hydrogens (primary N) is 1. The van der Waals surface area contributed by atoms with Crippen LogP contribution in [0.25, 0.3) is 0 Å². The molecule has 1 amide bonds. The van der Waals surface area contributed by atoms with Crippen LogP contribution in [0.2, 0.25) is 0 Å². The average molecular weight is 173 g/mol. The quantitative estimate of drug-likeness (QED) is 0.576. The molecule has 0 heterocycles. The zero-order valence-electron chi connectivity index (χ0n) is 4.89. The molecule has 0 aromatic rings. The third-order valence-electron chi connectivity index (χ3n) is 0.588. The lowest BCUT2D eigenvalue weighted by Gasteiger charge is -1.96. The summed E-state index contributed by atoms with van der Waals surface area (Å²) in [6.45, 7) is 0.966. The topological polar surface area (TPSA) is 55.1 Å². The lowest BCUT2D eigenvalue weighted by molar-refractivity contribution is -0.118. The highest BCUT2D eigenvalue weighted by Gasteiger charge is 1.92. The SMILES string of the molecule is Cl.NCCNC(=O)CCl. The van der Waals surface area contributed by atoms with Crippen molar-refractivity contribution >= 4 is 29.9 Å². The molecule has 0 bridgehead atoms. The maximum Gasteiger partial charge on any atom is 0.234 e. The number of alkyl halides is 1. The molecule has 5 heteroatoms. The van der Waals surface area contributed by atoms with Crippen LogP contribution in [0.5, 0.6) is 0 Å². The van der Waals surface area contributed by atoms with Gasteiger partial charge in [0.2, 0.25) is 5.91 Å². The number of amides is 1. The van der Waals surface area contributed by atoms with E-state index in [4.69, 9.17) is 17.3 Å². The molecule has 0 aliphatic heterocycles.